The van der Waals surface area contributed by atoms with Crippen LogP contribution in [0.3, 0.4) is 0 Å². The molecule has 3 aromatic carbocycles. The van der Waals surface area contributed by atoms with Crippen LogP contribution in [0.4, 0.5) is 0 Å². The predicted octanol–water partition coefficient (Wildman–Crippen LogP) is 5.46. The van der Waals surface area contributed by atoms with Crippen molar-refractivity contribution in [3.8, 4) is 28.7 Å². The number of amides is 1. The fourth-order valence-electron chi connectivity index (χ4n) is 3.05. The summed E-state index contributed by atoms with van der Waals surface area (Å²) in [7, 11) is 1.45. The molecule has 0 fully saturated rings. The number of carbonyl (C=O) groups is 2. The molecular formula is C24H17Br3N2O7. The van der Waals surface area contributed by atoms with Crippen molar-refractivity contribution in [1.82, 2.24) is 5.43 Å². The van der Waals surface area contributed by atoms with Gasteiger partial charge in [-0.25, -0.2) is 10.2 Å². The van der Waals surface area contributed by atoms with E-state index in [0.29, 0.717) is 43.1 Å². The summed E-state index contributed by atoms with van der Waals surface area (Å²) in [4.78, 5) is 24.7. The number of hydrogen-bond donors (Lipinski definition) is 1. The first-order valence-corrected chi connectivity index (χ1v) is 12.6. The van der Waals surface area contributed by atoms with Crippen molar-refractivity contribution in [2.45, 2.75) is 0 Å². The van der Waals surface area contributed by atoms with Crippen molar-refractivity contribution in [2.75, 3.05) is 20.5 Å². The van der Waals surface area contributed by atoms with Crippen LogP contribution in [0, 0.1) is 0 Å². The topological polar surface area (TPSA) is 105 Å². The first-order chi connectivity index (χ1) is 17.3. The quantitative estimate of drug-likeness (QED) is 0.146. The van der Waals surface area contributed by atoms with E-state index in [1.165, 1.54) is 13.3 Å². The molecule has 0 aliphatic carbocycles. The summed E-state index contributed by atoms with van der Waals surface area (Å²) >= 11 is 10.2. The van der Waals surface area contributed by atoms with Gasteiger partial charge >= 0.3 is 5.97 Å². The number of nitrogens with one attached hydrogen (secondary N) is 1. The number of hydrogen-bond acceptors (Lipinski definition) is 8. The summed E-state index contributed by atoms with van der Waals surface area (Å²) in [6.07, 6.45) is 1.43. The first-order valence-electron chi connectivity index (χ1n) is 10.2. The zero-order valence-electron chi connectivity index (χ0n) is 18.5. The molecule has 186 valence electrons. The number of rotatable bonds is 8. The molecule has 0 atom stereocenters. The number of fused-ring (bicyclic) bond motifs is 1. The molecule has 0 radical (unpaired) electrons. The zero-order chi connectivity index (χ0) is 25.7. The third-order valence-corrected chi connectivity index (χ3v) is 6.35. The largest absolute Gasteiger partial charge is 0.493 e. The molecule has 1 aliphatic rings. The highest BCUT2D eigenvalue weighted by Crippen LogP contribution is 2.36. The molecular weight excluding hydrogens is 668 g/mol. The van der Waals surface area contributed by atoms with E-state index < -0.39 is 11.9 Å². The number of hydrazone groups is 1. The Bertz CT molecular complexity index is 1320. The van der Waals surface area contributed by atoms with Gasteiger partial charge in [-0.3, -0.25) is 4.79 Å². The minimum atomic E-state index is -0.579. The molecule has 0 bridgehead atoms. The van der Waals surface area contributed by atoms with Crippen LogP contribution in [-0.4, -0.2) is 38.6 Å². The lowest BCUT2D eigenvalue weighted by molar-refractivity contribution is -0.123. The number of halogens is 3. The van der Waals surface area contributed by atoms with E-state index in [-0.39, 0.29) is 19.1 Å². The predicted molar refractivity (Wildman–Crippen MR) is 141 cm³/mol. The second-order valence-electron chi connectivity index (χ2n) is 7.15. The molecule has 0 saturated carbocycles. The van der Waals surface area contributed by atoms with Gasteiger partial charge in [0, 0.05) is 4.47 Å². The molecule has 0 spiro atoms. The van der Waals surface area contributed by atoms with Gasteiger partial charge < -0.3 is 23.7 Å². The van der Waals surface area contributed by atoms with Crippen molar-refractivity contribution >= 4 is 65.9 Å². The van der Waals surface area contributed by atoms with Crippen LogP contribution in [0.1, 0.15) is 15.9 Å². The van der Waals surface area contributed by atoms with E-state index in [1.807, 2.05) is 0 Å². The van der Waals surface area contributed by atoms with Gasteiger partial charge in [-0.2, -0.15) is 5.10 Å². The second kappa shape index (κ2) is 11.8. The lowest BCUT2D eigenvalue weighted by atomic mass is 10.2. The maximum absolute atomic E-state index is 12.6. The van der Waals surface area contributed by atoms with E-state index in [9.17, 15) is 9.59 Å². The molecule has 1 amide bonds. The Morgan fingerprint density at radius 3 is 2.50 bits per heavy atom. The summed E-state index contributed by atoms with van der Waals surface area (Å²) in [5.41, 5.74) is 3.31. The zero-order valence-corrected chi connectivity index (χ0v) is 23.3. The average Bonchev–Trinajstić information content (AvgIpc) is 3.32. The summed E-state index contributed by atoms with van der Waals surface area (Å²) in [5.74, 6) is 1.05. The normalized spacial score (nSPS) is 11.9. The Morgan fingerprint density at radius 1 is 1.00 bits per heavy atom. The maximum atomic E-state index is 12.6. The van der Waals surface area contributed by atoms with Crippen LogP contribution in [0.25, 0.3) is 0 Å². The lowest BCUT2D eigenvalue weighted by Crippen LogP contribution is -2.24. The summed E-state index contributed by atoms with van der Waals surface area (Å²) in [6.45, 7) is -0.132. The standard InChI is InChI=1S/C24H17Br3N2O7/c1-32-20-6-13(10-28-29-22(30)11-33-23-16(26)8-15(25)9-17(23)27)2-4-19(20)36-24(31)14-3-5-18-21(7-14)35-12-34-18/h2-10H,11-12H2,1H3,(H,29,30)/b28-10-. The molecule has 0 unspecified atom stereocenters. The SMILES string of the molecule is COc1cc(/C=N\NC(=O)COc2c(Br)cc(Br)cc2Br)ccc1OC(=O)c1ccc2c(c1)OCO2. The van der Waals surface area contributed by atoms with Gasteiger partial charge in [-0.15, -0.1) is 0 Å². The van der Waals surface area contributed by atoms with Crippen molar-refractivity contribution in [2.24, 2.45) is 5.10 Å². The van der Waals surface area contributed by atoms with Crippen LogP contribution in [0.5, 0.6) is 28.7 Å². The van der Waals surface area contributed by atoms with Crippen molar-refractivity contribution < 1.29 is 33.3 Å². The van der Waals surface area contributed by atoms with Crippen LogP contribution < -0.4 is 29.1 Å². The molecule has 1 heterocycles. The molecule has 3 aromatic rings. The van der Waals surface area contributed by atoms with Crippen LogP contribution >= 0.6 is 47.8 Å². The molecule has 1 aliphatic heterocycles. The maximum Gasteiger partial charge on any atom is 0.343 e. The number of benzene rings is 3. The highest BCUT2D eigenvalue weighted by molar-refractivity contribution is 9.11. The van der Waals surface area contributed by atoms with E-state index in [2.05, 4.69) is 58.3 Å². The Labute approximate surface area is 231 Å². The number of ether oxygens (including phenoxy) is 5. The highest BCUT2D eigenvalue weighted by Gasteiger charge is 2.19. The minimum Gasteiger partial charge on any atom is -0.493 e. The molecule has 0 saturated heterocycles. The molecule has 0 aromatic heterocycles. The number of esters is 1. The molecule has 4 rings (SSSR count). The van der Waals surface area contributed by atoms with Gasteiger partial charge in [0.05, 0.1) is 27.8 Å². The van der Waals surface area contributed by atoms with Crippen molar-refractivity contribution in [1.29, 1.82) is 0 Å². The highest BCUT2D eigenvalue weighted by atomic mass is 79.9. The summed E-state index contributed by atoms with van der Waals surface area (Å²) in [5, 5.41) is 3.94. The summed E-state index contributed by atoms with van der Waals surface area (Å²) < 4.78 is 29.1. The van der Waals surface area contributed by atoms with E-state index in [0.717, 1.165) is 4.47 Å². The lowest BCUT2D eigenvalue weighted by Gasteiger charge is -2.10. The van der Waals surface area contributed by atoms with E-state index in [4.69, 9.17) is 23.7 Å². The smallest absolute Gasteiger partial charge is 0.343 e. The fourth-order valence-corrected chi connectivity index (χ4v) is 5.53. The van der Waals surface area contributed by atoms with Crippen LogP contribution in [0.2, 0.25) is 0 Å². The second-order valence-corrected chi connectivity index (χ2v) is 9.77. The van der Waals surface area contributed by atoms with Gasteiger partial charge in [-0.05, 0) is 86.0 Å². The number of carbonyl (C=O) groups excluding carboxylic acids is 2. The summed E-state index contributed by atoms with van der Waals surface area (Å²) in [6, 6.07) is 13.2. The minimum absolute atomic E-state index is 0.110. The third-order valence-electron chi connectivity index (χ3n) is 4.71. The molecule has 1 N–H and O–H groups in total. The Hall–Kier alpha value is -3.09. The Kier molecular flexibility index (Phi) is 8.49. The van der Waals surface area contributed by atoms with Gasteiger partial charge in [-0.1, -0.05) is 15.9 Å². The van der Waals surface area contributed by atoms with Crippen LogP contribution in [0.15, 0.2) is 67.1 Å². The molecule has 12 heteroatoms. The van der Waals surface area contributed by atoms with Gasteiger partial charge in [0.1, 0.15) is 5.75 Å². The van der Waals surface area contributed by atoms with Gasteiger partial charge in [0.25, 0.3) is 5.91 Å². The molecule has 36 heavy (non-hydrogen) atoms. The number of nitrogens with zero attached hydrogens (tertiary/aromatic N) is 1. The first kappa shape index (κ1) is 26.0. The Balaban J connectivity index is 1.34. The fraction of sp³-hybridized carbons (Fsp3) is 0.125. The van der Waals surface area contributed by atoms with Gasteiger partial charge in [0.15, 0.2) is 29.6 Å². The van der Waals surface area contributed by atoms with Crippen LogP contribution in [-0.2, 0) is 4.79 Å². The van der Waals surface area contributed by atoms with E-state index >= 15 is 0 Å². The van der Waals surface area contributed by atoms with Gasteiger partial charge in [0.2, 0.25) is 6.79 Å². The average molecular weight is 685 g/mol. The third kappa shape index (κ3) is 6.37. The Morgan fingerprint density at radius 2 is 1.75 bits per heavy atom. The monoisotopic (exact) mass is 682 g/mol. The van der Waals surface area contributed by atoms with Crippen molar-refractivity contribution in [3.63, 3.8) is 0 Å². The van der Waals surface area contributed by atoms with E-state index in [1.54, 1.807) is 48.5 Å². The van der Waals surface area contributed by atoms with Crippen molar-refractivity contribution in [3.05, 3.63) is 73.1 Å². The molecule has 9 nitrogen and oxygen atoms in total. The number of methoxy groups -OCH3 is 1.